The van der Waals surface area contributed by atoms with E-state index in [9.17, 15) is 4.79 Å². The van der Waals surface area contributed by atoms with Gasteiger partial charge in [-0.15, -0.1) is 23.7 Å². The summed E-state index contributed by atoms with van der Waals surface area (Å²) in [5, 5.41) is 3.38. The largest absolute Gasteiger partial charge is 0.298 e. The molecule has 0 aromatic carbocycles. The first-order valence-corrected chi connectivity index (χ1v) is 5.64. The predicted molar refractivity (Wildman–Crippen MR) is 71.0 cm³/mol. The van der Waals surface area contributed by atoms with Gasteiger partial charge >= 0.3 is 0 Å². The summed E-state index contributed by atoms with van der Waals surface area (Å²) in [5.74, 6) is -0.179. The Morgan fingerprint density at radius 1 is 1.41 bits per heavy atom. The van der Waals surface area contributed by atoms with Crippen LogP contribution in [-0.2, 0) is 0 Å². The minimum atomic E-state index is -0.179. The molecule has 0 fully saturated rings. The van der Waals surface area contributed by atoms with Crippen molar-refractivity contribution in [2.45, 2.75) is 13.8 Å². The first-order valence-electron chi connectivity index (χ1n) is 4.82. The molecule has 0 aliphatic carbocycles. The number of amides is 1. The van der Waals surface area contributed by atoms with Gasteiger partial charge < -0.3 is 0 Å². The molecule has 0 saturated heterocycles. The Bertz CT molecular complexity index is 493. The lowest BCUT2D eigenvalue weighted by Gasteiger charge is -1.99. The Kier molecular flexibility index (Phi) is 4.60. The van der Waals surface area contributed by atoms with Crippen LogP contribution in [0.2, 0.25) is 0 Å². The van der Waals surface area contributed by atoms with Gasteiger partial charge in [0.25, 0.3) is 5.91 Å². The maximum Gasteiger partial charge on any atom is 0.259 e. The summed E-state index contributed by atoms with van der Waals surface area (Å²) >= 11 is 1.47. The van der Waals surface area contributed by atoms with Gasteiger partial charge in [0, 0.05) is 17.3 Å². The molecular formula is C11H12ClN3OS. The molecule has 1 N–H and O–H groups in total. The highest BCUT2D eigenvalue weighted by Crippen LogP contribution is 2.21. The van der Waals surface area contributed by atoms with E-state index in [1.807, 2.05) is 13.8 Å². The number of anilines is 1. The first kappa shape index (κ1) is 13.6. The number of pyridine rings is 1. The lowest BCUT2D eigenvalue weighted by molar-refractivity contribution is 0.102. The molecule has 0 atom stereocenters. The van der Waals surface area contributed by atoms with E-state index in [2.05, 4.69) is 15.3 Å². The zero-order valence-corrected chi connectivity index (χ0v) is 11.1. The first-order chi connectivity index (χ1) is 7.66. The van der Waals surface area contributed by atoms with Crippen LogP contribution in [0.4, 0.5) is 5.13 Å². The van der Waals surface area contributed by atoms with Crippen LogP contribution in [0.3, 0.4) is 0 Å². The number of carbonyl (C=O) groups excluding carboxylic acids is 1. The molecule has 4 nitrogen and oxygen atoms in total. The molecule has 6 heteroatoms. The molecular weight excluding hydrogens is 258 g/mol. The fourth-order valence-corrected chi connectivity index (χ4v) is 2.00. The minimum Gasteiger partial charge on any atom is -0.298 e. The van der Waals surface area contributed by atoms with Gasteiger partial charge in [-0.1, -0.05) is 0 Å². The normalized spacial score (nSPS) is 9.53. The predicted octanol–water partition coefficient (Wildman–Crippen LogP) is 2.83. The van der Waals surface area contributed by atoms with Gasteiger partial charge in [-0.3, -0.25) is 15.1 Å². The third-order valence-electron chi connectivity index (χ3n) is 2.17. The fourth-order valence-electron chi connectivity index (χ4n) is 1.19. The van der Waals surface area contributed by atoms with Gasteiger partial charge in [-0.05, 0) is 26.0 Å². The zero-order chi connectivity index (χ0) is 11.5. The number of hydrogen-bond donors (Lipinski definition) is 1. The number of nitrogens with zero attached hydrogens (tertiary/aromatic N) is 2. The van der Waals surface area contributed by atoms with Crippen molar-refractivity contribution in [1.82, 2.24) is 9.97 Å². The Balaban J connectivity index is 0.00000144. The number of rotatable bonds is 2. The topological polar surface area (TPSA) is 54.9 Å². The standard InChI is InChI=1S/C11H11N3OS.ClH/c1-7-8(2)16-11(13-7)14-10(15)9-4-3-5-12-6-9;/h3-6H,1-2H3,(H,13,14,15);1H. The van der Waals surface area contributed by atoms with Crippen molar-refractivity contribution >= 4 is 34.8 Å². The molecule has 2 aromatic heterocycles. The average Bonchev–Trinajstić information content (AvgIpc) is 2.59. The van der Waals surface area contributed by atoms with Gasteiger partial charge in [-0.2, -0.15) is 0 Å². The van der Waals surface area contributed by atoms with Crippen LogP contribution in [0.15, 0.2) is 24.5 Å². The van der Waals surface area contributed by atoms with Gasteiger partial charge in [0.2, 0.25) is 0 Å². The molecule has 0 radical (unpaired) electrons. The Hall–Kier alpha value is -1.46. The van der Waals surface area contributed by atoms with Crippen molar-refractivity contribution in [3.63, 3.8) is 0 Å². The molecule has 90 valence electrons. The highest BCUT2D eigenvalue weighted by Gasteiger charge is 2.09. The number of aromatic nitrogens is 2. The molecule has 2 rings (SSSR count). The summed E-state index contributed by atoms with van der Waals surface area (Å²) in [4.78, 5) is 21.0. The lowest BCUT2D eigenvalue weighted by Crippen LogP contribution is -2.11. The highest BCUT2D eigenvalue weighted by atomic mass is 35.5. The molecule has 2 heterocycles. The summed E-state index contributed by atoms with van der Waals surface area (Å²) in [6.45, 7) is 3.90. The third kappa shape index (κ3) is 3.25. The Morgan fingerprint density at radius 3 is 2.71 bits per heavy atom. The summed E-state index contributed by atoms with van der Waals surface area (Å²) in [7, 11) is 0. The lowest BCUT2D eigenvalue weighted by atomic mass is 10.3. The van der Waals surface area contributed by atoms with Crippen molar-refractivity contribution in [2.24, 2.45) is 0 Å². The maximum atomic E-state index is 11.8. The summed E-state index contributed by atoms with van der Waals surface area (Å²) < 4.78 is 0. The van der Waals surface area contributed by atoms with E-state index in [4.69, 9.17) is 0 Å². The van der Waals surface area contributed by atoms with Gasteiger partial charge in [0.15, 0.2) is 5.13 Å². The van der Waals surface area contributed by atoms with E-state index in [0.717, 1.165) is 10.6 Å². The molecule has 0 aliphatic rings. The SMILES string of the molecule is Cc1nc(NC(=O)c2cccnc2)sc1C.Cl. The number of thiazole rings is 1. The van der Waals surface area contributed by atoms with E-state index in [0.29, 0.717) is 10.7 Å². The smallest absolute Gasteiger partial charge is 0.259 e. The molecule has 0 spiro atoms. The Morgan fingerprint density at radius 2 is 2.18 bits per heavy atom. The van der Waals surface area contributed by atoms with Crippen molar-refractivity contribution in [1.29, 1.82) is 0 Å². The monoisotopic (exact) mass is 269 g/mol. The second kappa shape index (κ2) is 5.75. The number of carbonyl (C=O) groups is 1. The second-order valence-corrected chi connectivity index (χ2v) is 4.56. The second-order valence-electron chi connectivity index (χ2n) is 3.36. The van der Waals surface area contributed by atoms with Gasteiger partial charge in [-0.25, -0.2) is 4.98 Å². The van der Waals surface area contributed by atoms with Crippen LogP contribution in [0.5, 0.6) is 0 Å². The van der Waals surface area contributed by atoms with Crippen LogP contribution in [0.1, 0.15) is 20.9 Å². The average molecular weight is 270 g/mol. The molecule has 17 heavy (non-hydrogen) atoms. The molecule has 0 bridgehead atoms. The fraction of sp³-hybridized carbons (Fsp3) is 0.182. The van der Waals surface area contributed by atoms with Crippen LogP contribution in [0, 0.1) is 13.8 Å². The number of aryl methyl sites for hydroxylation is 2. The van der Waals surface area contributed by atoms with E-state index >= 15 is 0 Å². The molecule has 2 aromatic rings. The number of nitrogens with one attached hydrogen (secondary N) is 1. The Labute approximate surface area is 110 Å². The molecule has 1 amide bonds. The number of hydrogen-bond acceptors (Lipinski definition) is 4. The highest BCUT2D eigenvalue weighted by molar-refractivity contribution is 7.15. The quantitative estimate of drug-likeness (QED) is 0.912. The van der Waals surface area contributed by atoms with Crippen molar-refractivity contribution < 1.29 is 4.79 Å². The van der Waals surface area contributed by atoms with E-state index in [-0.39, 0.29) is 18.3 Å². The van der Waals surface area contributed by atoms with E-state index in [1.54, 1.807) is 18.3 Å². The van der Waals surface area contributed by atoms with Crippen LogP contribution in [-0.4, -0.2) is 15.9 Å². The van der Waals surface area contributed by atoms with E-state index < -0.39 is 0 Å². The summed E-state index contributed by atoms with van der Waals surface area (Å²) in [5.41, 5.74) is 1.49. The van der Waals surface area contributed by atoms with Crippen molar-refractivity contribution in [3.05, 3.63) is 40.7 Å². The molecule has 0 unspecified atom stereocenters. The molecule has 0 aliphatic heterocycles. The van der Waals surface area contributed by atoms with Crippen LogP contribution < -0.4 is 5.32 Å². The zero-order valence-electron chi connectivity index (χ0n) is 9.43. The maximum absolute atomic E-state index is 11.8. The molecule has 0 saturated carbocycles. The van der Waals surface area contributed by atoms with Crippen LogP contribution in [0.25, 0.3) is 0 Å². The minimum absolute atomic E-state index is 0. The van der Waals surface area contributed by atoms with Crippen molar-refractivity contribution in [3.8, 4) is 0 Å². The number of halogens is 1. The third-order valence-corrected chi connectivity index (χ3v) is 3.16. The summed E-state index contributed by atoms with van der Waals surface area (Å²) in [6, 6.07) is 3.45. The van der Waals surface area contributed by atoms with Crippen molar-refractivity contribution in [2.75, 3.05) is 5.32 Å². The van der Waals surface area contributed by atoms with Gasteiger partial charge in [0.1, 0.15) is 0 Å². The summed E-state index contributed by atoms with van der Waals surface area (Å²) in [6.07, 6.45) is 3.16. The van der Waals surface area contributed by atoms with Crippen LogP contribution >= 0.6 is 23.7 Å². The van der Waals surface area contributed by atoms with E-state index in [1.165, 1.54) is 17.5 Å². The van der Waals surface area contributed by atoms with Gasteiger partial charge in [0.05, 0.1) is 11.3 Å².